The second-order valence-corrected chi connectivity index (χ2v) is 5.65. The molecule has 3 aromatic rings. The Bertz CT molecular complexity index is 757. The van der Waals surface area contributed by atoms with Gasteiger partial charge in [-0.05, 0) is 38.1 Å². The number of nitrogen functional groups attached to an aromatic ring is 1. The van der Waals surface area contributed by atoms with E-state index in [0.29, 0.717) is 17.2 Å². The van der Waals surface area contributed by atoms with Gasteiger partial charge in [-0.3, -0.25) is 0 Å². The monoisotopic (exact) mass is 316 g/mol. The number of nitrogens with zero attached hydrogens (tertiary/aromatic N) is 1. The third kappa shape index (κ3) is 2.24. The quantitative estimate of drug-likeness (QED) is 0.674. The molecule has 3 rings (SSSR count). The highest BCUT2D eigenvalue weighted by Gasteiger charge is 2.12. The molecule has 0 fully saturated rings. The van der Waals surface area contributed by atoms with Crippen LogP contribution in [0, 0.1) is 13.8 Å². The van der Waals surface area contributed by atoms with Crippen molar-refractivity contribution in [2.24, 2.45) is 0 Å². The van der Waals surface area contributed by atoms with E-state index in [0.717, 1.165) is 15.6 Å². The van der Waals surface area contributed by atoms with Gasteiger partial charge in [0, 0.05) is 10.0 Å². The third-order valence-electron chi connectivity index (χ3n) is 2.95. The molecule has 0 bridgehead atoms. The first-order valence-electron chi connectivity index (χ1n) is 5.97. The van der Waals surface area contributed by atoms with E-state index in [2.05, 4.69) is 53.0 Å². The fraction of sp³-hybridized carbons (Fsp3) is 0.133. The Kier molecular flexibility index (Phi) is 2.82. The summed E-state index contributed by atoms with van der Waals surface area (Å²) in [5.41, 5.74) is 11.3. The fourth-order valence-corrected chi connectivity index (χ4v) is 2.71. The number of aromatic nitrogens is 1. The predicted molar refractivity (Wildman–Crippen MR) is 81.0 cm³/mol. The first-order valence-corrected chi connectivity index (χ1v) is 6.76. The van der Waals surface area contributed by atoms with E-state index in [1.807, 2.05) is 12.1 Å². The molecular weight excluding hydrogens is 304 g/mol. The first kappa shape index (κ1) is 12.2. The molecule has 2 aromatic carbocycles. The van der Waals surface area contributed by atoms with E-state index >= 15 is 0 Å². The maximum atomic E-state index is 5.94. The van der Waals surface area contributed by atoms with E-state index in [-0.39, 0.29) is 0 Å². The summed E-state index contributed by atoms with van der Waals surface area (Å²) in [4.78, 5) is 4.51. The SMILES string of the molecule is Cc1cc(C)cc(-c2nc3cc(Br)cc(N)c3o2)c1. The van der Waals surface area contributed by atoms with Gasteiger partial charge in [0.05, 0.1) is 5.69 Å². The standard InChI is InChI=1S/C15H13BrN2O/c1-8-3-9(2)5-10(4-8)15-18-13-7-11(16)6-12(17)14(13)19-15/h3-7H,17H2,1-2H3. The Labute approximate surface area is 119 Å². The summed E-state index contributed by atoms with van der Waals surface area (Å²) in [7, 11) is 0. The van der Waals surface area contributed by atoms with Crippen LogP contribution < -0.4 is 5.73 Å². The molecule has 4 heteroatoms. The zero-order valence-corrected chi connectivity index (χ0v) is 12.3. The Morgan fingerprint density at radius 1 is 1.05 bits per heavy atom. The molecule has 0 spiro atoms. The van der Waals surface area contributed by atoms with E-state index in [1.54, 1.807) is 0 Å². The number of aryl methyl sites for hydroxylation is 2. The minimum Gasteiger partial charge on any atom is -0.434 e. The van der Waals surface area contributed by atoms with Crippen molar-refractivity contribution >= 4 is 32.7 Å². The average molecular weight is 317 g/mol. The Balaban J connectivity index is 2.23. The summed E-state index contributed by atoms with van der Waals surface area (Å²) in [6.45, 7) is 4.12. The molecule has 0 saturated heterocycles. The number of fused-ring (bicyclic) bond motifs is 1. The molecule has 0 radical (unpaired) electrons. The molecule has 0 saturated carbocycles. The molecule has 0 aliphatic carbocycles. The van der Waals surface area contributed by atoms with Crippen LogP contribution >= 0.6 is 15.9 Å². The van der Waals surface area contributed by atoms with Gasteiger partial charge in [0.1, 0.15) is 5.52 Å². The Morgan fingerprint density at radius 2 is 1.74 bits per heavy atom. The molecule has 0 atom stereocenters. The van der Waals surface area contributed by atoms with Gasteiger partial charge in [-0.2, -0.15) is 0 Å². The summed E-state index contributed by atoms with van der Waals surface area (Å²) in [5, 5.41) is 0. The molecule has 19 heavy (non-hydrogen) atoms. The van der Waals surface area contributed by atoms with Gasteiger partial charge in [-0.1, -0.05) is 33.1 Å². The lowest BCUT2D eigenvalue weighted by molar-refractivity contribution is 0.621. The van der Waals surface area contributed by atoms with Crippen molar-refractivity contribution < 1.29 is 4.42 Å². The molecule has 0 aliphatic heterocycles. The minimum absolute atomic E-state index is 0.590. The number of hydrogen-bond acceptors (Lipinski definition) is 3. The summed E-state index contributed by atoms with van der Waals surface area (Å²) < 4.78 is 6.69. The lowest BCUT2D eigenvalue weighted by Crippen LogP contribution is -1.84. The van der Waals surface area contributed by atoms with Gasteiger partial charge in [0.2, 0.25) is 5.89 Å². The van der Waals surface area contributed by atoms with Gasteiger partial charge >= 0.3 is 0 Å². The van der Waals surface area contributed by atoms with E-state index in [1.165, 1.54) is 11.1 Å². The summed E-state index contributed by atoms with van der Waals surface area (Å²) in [5.74, 6) is 0.603. The van der Waals surface area contributed by atoms with Crippen molar-refractivity contribution in [1.29, 1.82) is 0 Å². The second kappa shape index (κ2) is 4.38. The van der Waals surface area contributed by atoms with Crippen LogP contribution in [0.5, 0.6) is 0 Å². The van der Waals surface area contributed by atoms with Crippen LogP contribution in [-0.2, 0) is 0 Å². The normalized spacial score (nSPS) is 11.1. The minimum atomic E-state index is 0.590. The lowest BCUT2D eigenvalue weighted by atomic mass is 10.1. The Morgan fingerprint density at radius 3 is 2.42 bits per heavy atom. The topological polar surface area (TPSA) is 52.0 Å². The summed E-state index contributed by atoms with van der Waals surface area (Å²) in [6, 6.07) is 9.96. The van der Waals surface area contributed by atoms with E-state index < -0.39 is 0 Å². The van der Waals surface area contributed by atoms with Crippen LogP contribution in [-0.4, -0.2) is 4.98 Å². The van der Waals surface area contributed by atoms with Crippen molar-refractivity contribution in [3.63, 3.8) is 0 Å². The van der Waals surface area contributed by atoms with Gasteiger partial charge in [-0.25, -0.2) is 4.98 Å². The number of hydrogen-bond donors (Lipinski definition) is 1. The van der Waals surface area contributed by atoms with Crippen molar-refractivity contribution in [1.82, 2.24) is 4.98 Å². The molecule has 2 N–H and O–H groups in total. The van der Waals surface area contributed by atoms with Gasteiger partial charge < -0.3 is 10.2 Å². The molecule has 1 heterocycles. The highest BCUT2D eigenvalue weighted by molar-refractivity contribution is 9.10. The van der Waals surface area contributed by atoms with Crippen molar-refractivity contribution in [3.05, 3.63) is 45.9 Å². The van der Waals surface area contributed by atoms with Crippen LogP contribution in [0.3, 0.4) is 0 Å². The number of halogens is 1. The molecule has 96 valence electrons. The van der Waals surface area contributed by atoms with Crippen LogP contribution in [0.25, 0.3) is 22.6 Å². The van der Waals surface area contributed by atoms with Crippen molar-refractivity contribution in [2.75, 3.05) is 5.73 Å². The first-order chi connectivity index (χ1) is 9.02. The van der Waals surface area contributed by atoms with Crippen LogP contribution in [0.1, 0.15) is 11.1 Å². The maximum absolute atomic E-state index is 5.94. The van der Waals surface area contributed by atoms with Gasteiger partial charge in [0.25, 0.3) is 0 Å². The zero-order chi connectivity index (χ0) is 13.6. The van der Waals surface area contributed by atoms with Gasteiger partial charge in [0.15, 0.2) is 5.58 Å². The predicted octanol–water partition coefficient (Wildman–Crippen LogP) is 4.46. The zero-order valence-electron chi connectivity index (χ0n) is 10.7. The summed E-state index contributed by atoms with van der Waals surface area (Å²) >= 11 is 3.41. The average Bonchev–Trinajstić information content (AvgIpc) is 2.71. The third-order valence-corrected chi connectivity index (χ3v) is 3.41. The maximum Gasteiger partial charge on any atom is 0.227 e. The van der Waals surface area contributed by atoms with Crippen molar-refractivity contribution in [2.45, 2.75) is 13.8 Å². The number of benzene rings is 2. The van der Waals surface area contributed by atoms with Crippen LogP contribution in [0.2, 0.25) is 0 Å². The van der Waals surface area contributed by atoms with Crippen LogP contribution in [0.4, 0.5) is 5.69 Å². The van der Waals surface area contributed by atoms with E-state index in [4.69, 9.17) is 10.2 Å². The van der Waals surface area contributed by atoms with Gasteiger partial charge in [-0.15, -0.1) is 0 Å². The lowest BCUT2D eigenvalue weighted by Gasteiger charge is -2.00. The molecule has 0 unspecified atom stereocenters. The number of rotatable bonds is 1. The Hall–Kier alpha value is -1.81. The highest BCUT2D eigenvalue weighted by atomic mass is 79.9. The molecule has 1 aromatic heterocycles. The molecule has 3 nitrogen and oxygen atoms in total. The number of nitrogens with two attached hydrogens (primary N) is 1. The second-order valence-electron chi connectivity index (χ2n) is 4.74. The largest absolute Gasteiger partial charge is 0.434 e. The highest BCUT2D eigenvalue weighted by Crippen LogP contribution is 2.31. The summed E-state index contributed by atoms with van der Waals surface area (Å²) in [6.07, 6.45) is 0. The fourth-order valence-electron chi connectivity index (χ4n) is 2.24. The smallest absolute Gasteiger partial charge is 0.227 e. The molecule has 0 aliphatic rings. The van der Waals surface area contributed by atoms with Crippen LogP contribution in [0.15, 0.2) is 39.2 Å². The molecular formula is C15H13BrN2O. The number of oxazole rings is 1. The molecule has 0 amide bonds. The van der Waals surface area contributed by atoms with Crippen molar-refractivity contribution in [3.8, 4) is 11.5 Å². The van der Waals surface area contributed by atoms with E-state index in [9.17, 15) is 0 Å². The number of anilines is 1.